The number of carbonyl (C=O) groups excluding carboxylic acids is 1. The Hall–Kier alpha value is -2.60. The van der Waals surface area contributed by atoms with Crippen LogP contribution in [0.1, 0.15) is 43.0 Å². The van der Waals surface area contributed by atoms with Crippen molar-refractivity contribution in [3.63, 3.8) is 0 Å². The Labute approximate surface area is 167 Å². The number of rotatable bonds is 6. The zero-order chi connectivity index (χ0) is 20.3. The normalized spacial score (nSPS) is 15.2. The summed E-state index contributed by atoms with van der Waals surface area (Å²) in [6, 6.07) is 9.00. The first-order chi connectivity index (χ1) is 13.3. The number of carboxylic acid groups (broad SMARTS) is 1. The third-order valence-corrected chi connectivity index (χ3v) is 5.04. The van der Waals surface area contributed by atoms with Crippen LogP contribution >= 0.6 is 11.6 Å². The molecule has 0 aliphatic heterocycles. The summed E-state index contributed by atoms with van der Waals surface area (Å²) in [6.07, 6.45) is 2.88. The first-order valence-corrected chi connectivity index (χ1v) is 9.52. The number of hydrogen-bond donors (Lipinski definition) is 2. The van der Waals surface area contributed by atoms with Crippen LogP contribution in [0.2, 0.25) is 5.02 Å². The average Bonchev–Trinajstić information content (AvgIpc) is 3.15. The van der Waals surface area contributed by atoms with Crippen molar-refractivity contribution in [2.75, 3.05) is 0 Å². The molecular weight excluding hydrogens is 385 g/mol. The van der Waals surface area contributed by atoms with Crippen LogP contribution in [0.15, 0.2) is 36.4 Å². The third kappa shape index (κ3) is 4.62. The van der Waals surface area contributed by atoms with Crippen LogP contribution in [0.25, 0.3) is 11.1 Å². The molecule has 1 aliphatic carbocycles. The highest BCUT2D eigenvalue weighted by Crippen LogP contribution is 2.34. The van der Waals surface area contributed by atoms with Gasteiger partial charge in [-0.3, -0.25) is 4.79 Å². The lowest BCUT2D eigenvalue weighted by molar-refractivity contribution is -0.144. The molecule has 1 atom stereocenters. The predicted molar refractivity (Wildman–Crippen MR) is 104 cm³/mol. The number of carbonyl (C=O) groups is 2. The molecule has 2 N–H and O–H groups in total. The number of aliphatic carboxylic acids is 1. The second kappa shape index (κ2) is 8.61. The summed E-state index contributed by atoms with van der Waals surface area (Å²) in [6.45, 7) is 1.40. The molecule has 1 saturated carbocycles. The molecule has 28 heavy (non-hydrogen) atoms. The van der Waals surface area contributed by atoms with Crippen LogP contribution in [0, 0.1) is 5.82 Å². The van der Waals surface area contributed by atoms with E-state index in [9.17, 15) is 14.0 Å². The largest absolute Gasteiger partial charge is 0.479 e. The van der Waals surface area contributed by atoms with Crippen molar-refractivity contribution in [1.82, 2.24) is 5.32 Å². The maximum atomic E-state index is 14.7. The van der Waals surface area contributed by atoms with Gasteiger partial charge in [-0.15, -0.1) is 0 Å². The Kier molecular flexibility index (Phi) is 6.19. The molecule has 0 aromatic heterocycles. The molecule has 0 bridgehead atoms. The van der Waals surface area contributed by atoms with Gasteiger partial charge in [-0.2, -0.15) is 0 Å². The van der Waals surface area contributed by atoms with Crippen LogP contribution < -0.4 is 10.1 Å². The second-order valence-corrected chi connectivity index (χ2v) is 7.32. The summed E-state index contributed by atoms with van der Waals surface area (Å²) in [5.74, 6) is -1.95. The number of amides is 1. The molecule has 1 fully saturated rings. The highest BCUT2D eigenvalue weighted by Gasteiger charge is 2.21. The molecule has 0 unspecified atom stereocenters. The van der Waals surface area contributed by atoms with Crippen molar-refractivity contribution in [2.24, 2.45) is 0 Å². The van der Waals surface area contributed by atoms with Crippen molar-refractivity contribution in [3.05, 3.63) is 52.8 Å². The minimum absolute atomic E-state index is 0.0287. The van der Waals surface area contributed by atoms with Gasteiger partial charge in [0.25, 0.3) is 5.91 Å². The zero-order valence-corrected chi connectivity index (χ0v) is 16.1. The standard InChI is InChI=1S/C21H21ClFNO4/c1-12(21(26)27)28-19-9-7-14(22)11-17(19)13-6-8-16(18(23)10-13)20(25)24-15-4-2-3-5-15/h6-12,15H,2-5H2,1H3,(H,24,25)(H,26,27)/t12-/m0/s1. The van der Waals surface area contributed by atoms with Gasteiger partial charge in [0.15, 0.2) is 6.10 Å². The summed E-state index contributed by atoms with van der Waals surface area (Å²) < 4.78 is 20.1. The molecule has 148 valence electrons. The molecule has 0 heterocycles. The minimum Gasteiger partial charge on any atom is -0.479 e. The van der Waals surface area contributed by atoms with E-state index in [0.717, 1.165) is 25.7 Å². The van der Waals surface area contributed by atoms with E-state index in [1.165, 1.54) is 25.1 Å². The van der Waals surface area contributed by atoms with Crippen molar-refractivity contribution >= 4 is 23.5 Å². The smallest absolute Gasteiger partial charge is 0.344 e. The van der Waals surface area contributed by atoms with Crippen LogP contribution in [-0.2, 0) is 4.79 Å². The zero-order valence-electron chi connectivity index (χ0n) is 15.4. The lowest BCUT2D eigenvalue weighted by Gasteiger charge is -2.16. The number of hydrogen-bond acceptors (Lipinski definition) is 3. The molecule has 0 saturated heterocycles. The van der Waals surface area contributed by atoms with Gasteiger partial charge in [0.05, 0.1) is 5.56 Å². The van der Waals surface area contributed by atoms with Crippen molar-refractivity contribution in [3.8, 4) is 16.9 Å². The molecule has 5 nitrogen and oxygen atoms in total. The van der Waals surface area contributed by atoms with Crippen molar-refractivity contribution in [2.45, 2.75) is 44.8 Å². The molecule has 7 heteroatoms. The summed E-state index contributed by atoms with van der Waals surface area (Å²) in [5, 5.41) is 12.3. The van der Waals surface area contributed by atoms with Crippen LogP contribution in [0.5, 0.6) is 5.75 Å². The van der Waals surface area contributed by atoms with Crippen molar-refractivity contribution in [1.29, 1.82) is 0 Å². The van der Waals surface area contributed by atoms with Gasteiger partial charge in [-0.05, 0) is 55.7 Å². The Balaban J connectivity index is 1.87. The van der Waals surface area contributed by atoms with Gasteiger partial charge in [-0.25, -0.2) is 9.18 Å². The highest BCUT2D eigenvalue weighted by atomic mass is 35.5. The van der Waals surface area contributed by atoms with E-state index in [0.29, 0.717) is 16.1 Å². The van der Waals surface area contributed by atoms with Crippen LogP contribution in [-0.4, -0.2) is 29.1 Å². The molecule has 1 aliphatic rings. The van der Waals surface area contributed by atoms with E-state index in [4.69, 9.17) is 21.4 Å². The van der Waals surface area contributed by atoms with Crippen LogP contribution in [0.4, 0.5) is 4.39 Å². The van der Waals surface area contributed by atoms with Gasteiger partial charge in [-0.1, -0.05) is 30.5 Å². The van der Waals surface area contributed by atoms with E-state index in [1.54, 1.807) is 18.2 Å². The maximum absolute atomic E-state index is 14.7. The van der Waals surface area contributed by atoms with E-state index in [1.807, 2.05) is 0 Å². The molecule has 0 radical (unpaired) electrons. The Bertz CT molecular complexity index is 896. The molecule has 2 aromatic rings. The first kappa shape index (κ1) is 20.1. The highest BCUT2D eigenvalue weighted by molar-refractivity contribution is 6.31. The van der Waals surface area contributed by atoms with Gasteiger partial charge < -0.3 is 15.2 Å². The van der Waals surface area contributed by atoms with E-state index < -0.39 is 23.8 Å². The summed E-state index contributed by atoms with van der Waals surface area (Å²) in [7, 11) is 0. The van der Waals surface area contributed by atoms with E-state index in [-0.39, 0.29) is 17.4 Å². The summed E-state index contributed by atoms with van der Waals surface area (Å²) in [4.78, 5) is 23.4. The topological polar surface area (TPSA) is 75.6 Å². The summed E-state index contributed by atoms with van der Waals surface area (Å²) >= 11 is 6.05. The molecule has 1 amide bonds. The van der Waals surface area contributed by atoms with E-state index >= 15 is 0 Å². The fraction of sp³-hybridized carbons (Fsp3) is 0.333. The van der Waals surface area contributed by atoms with Gasteiger partial charge in [0.2, 0.25) is 0 Å². The van der Waals surface area contributed by atoms with Crippen molar-refractivity contribution < 1.29 is 23.8 Å². The Morgan fingerprint density at radius 2 is 1.93 bits per heavy atom. The number of carboxylic acids is 1. The maximum Gasteiger partial charge on any atom is 0.344 e. The molecular formula is C21H21ClFNO4. The number of benzene rings is 2. The average molecular weight is 406 g/mol. The monoisotopic (exact) mass is 405 g/mol. The first-order valence-electron chi connectivity index (χ1n) is 9.15. The number of nitrogens with one attached hydrogen (secondary N) is 1. The SMILES string of the molecule is C[C@H](Oc1ccc(Cl)cc1-c1ccc(C(=O)NC2CCCC2)c(F)c1)C(=O)O. The second-order valence-electron chi connectivity index (χ2n) is 6.89. The van der Waals surface area contributed by atoms with Gasteiger partial charge >= 0.3 is 5.97 Å². The van der Waals surface area contributed by atoms with Gasteiger partial charge in [0, 0.05) is 16.6 Å². The third-order valence-electron chi connectivity index (χ3n) is 4.81. The Morgan fingerprint density at radius 1 is 1.21 bits per heavy atom. The molecule has 3 rings (SSSR count). The lowest BCUT2D eigenvalue weighted by Crippen LogP contribution is -2.33. The molecule has 2 aromatic carbocycles. The Morgan fingerprint density at radius 3 is 2.57 bits per heavy atom. The summed E-state index contributed by atoms with van der Waals surface area (Å²) in [5.41, 5.74) is 0.853. The van der Waals surface area contributed by atoms with Gasteiger partial charge in [0.1, 0.15) is 11.6 Å². The number of halogens is 2. The fourth-order valence-corrected chi connectivity index (χ4v) is 3.44. The predicted octanol–water partition coefficient (Wildman–Crippen LogP) is 4.67. The number of ether oxygens (including phenoxy) is 1. The molecule has 0 spiro atoms. The quantitative estimate of drug-likeness (QED) is 0.732. The van der Waals surface area contributed by atoms with Crippen LogP contribution in [0.3, 0.4) is 0 Å². The minimum atomic E-state index is -1.12. The van der Waals surface area contributed by atoms with E-state index in [2.05, 4.69) is 5.32 Å². The fourth-order valence-electron chi connectivity index (χ4n) is 3.27. The lowest BCUT2D eigenvalue weighted by atomic mass is 10.0.